The molecular weight excluding hydrogens is 443 g/mol. The molecule has 174 valence electrons. The van der Waals surface area contributed by atoms with Crippen LogP contribution >= 0.6 is 11.3 Å². The van der Waals surface area contributed by atoms with Gasteiger partial charge in [0.2, 0.25) is 0 Å². The first kappa shape index (κ1) is 23.2. The highest BCUT2D eigenvalue weighted by Crippen LogP contribution is 2.33. The van der Waals surface area contributed by atoms with Gasteiger partial charge in [-0.1, -0.05) is 12.1 Å². The molecule has 1 N–H and O–H groups in total. The highest BCUT2D eigenvalue weighted by atomic mass is 32.1. The summed E-state index contributed by atoms with van der Waals surface area (Å²) >= 11 is 1.19. The Hall–Kier alpha value is -2.01. The molecule has 2 atom stereocenters. The van der Waals surface area contributed by atoms with Crippen molar-refractivity contribution in [2.24, 2.45) is 5.92 Å². The van der Waals surface area contributed by atoms with E-state index in [2.05, 4.69) is 15.2 Å². The van der Waals surface area contributed by atoms with Crippen LogP contribution < -0.4 is 5.32 Å². The zero-order valence-electron chi connectivity index (χ0n) is 17.8. The Morgan fingerprint density at radius 3 is 2.56 bits per heavy atom. The fourth-order valence-corrected chi connectivity index (χ4v) is 5.16. The Bertz CT molecular complexity index is 921. The summed E-state index contributed by atoms with van der Waals surface area (Å²) in [6.45, 7) is 6.69. The Kier molecular flexibility index (Phi) is 7.14. The second-order valence-corrected chi connectivity index (χ2v) is 9.06. The Labute approximate surface area is 188 Å². The third-order valence-corrected chi connectivity index (χ3v) is 7.16. The minimum absolute atomic E-state index is 0.174. The lowest BCUT2D eigenvalue weighted by molar-refractivity contribution is -0.137. The molecule has 0 saturated carbocycles. The van der Waals surface area contributed by atoms with Crippen LogP contribution in [-0.2, 0) is 15.7 Å². The largest absolute Gasteiger partial charge is 0.416 e. The summed E-state index contributed by atoms with van der Waals surface area (Å²) in [6.07, 6.45) is -3.42. The van der Waals surface area contributed by atoms with Gasteiger partial charge >= 0.3 is 6.18 Å². The fourth-order valence-electron chi connectivity index (χ4n) is 4.17. The molecule has 0 radical (unpaired) electrons. The lowest BCUT2D eigenvalue weighted by Gasteiger charge is -2.37. The molecule has 10 heteroatoms. The molecule has 2 fully saturated rings. The minimum atomic E-state index is -4.39. The molecule has 0 spiro atoms. The number of nitrogens with one attached hydrogen (secondary N) is 1. The first-order valence-corrected chi connectivity index (χ1v) is 11.5. The Morgan fingerprint density at radius 2 is 1.94 bits per heavy atom. The molecule has 1 amide bonds. The zero-order valence-corrected chi connectivity index (χ0v) is 18.6. The van der Waals surface area contributed by atoms with E-state index in [9.17, 15) is 18.0 Å². The number of amides is 1. The Balaban J connectivity index is 1.44. The van der Waals surface area contributed by atoms with E-state index in [0.717, 1.165) is 38.2 Å². The normalized spacial score (nSPS) is 20.9. The first-order chi connectivity index (χ1) is 15.3. The number of hydrogen-bond donors (Lipinski definition) is 1. The third-order valence-electron chi connectivity index (χ3n) is 5.96. The molecule has 4 rings (SSSR count). The van der Waals surface area contributed by atoms with Gasteiger partial charge in [-0.3, -0.25) is 9.69 Å². The van der Waals surface area contributed by atoms with E-state index in [4.69, 9.17) is 9.47 Å². The average Bonchev–Trinajstić information content (AvgIpc) is 3.44. The van der Waals surface area contributed by atoms with Crippen molar-refractivity contribution in [3.8, 4) is 10.6 Å². The maximum atomic E-state index is 12.9. The van der Waals surface area contributed by atoms with Crippen molar-refractivity contribution in [1.82, 2.24) is 15.2 Å². The van der Waals surface area contributed by atoms with Crippen LogP contribution in [-0.4, -0.2) is 67.9 Å². The van der Waals surface area contributed by atoms with Crippen LogP contribution in [0.1, 0.15) is 27.3 Å². The molecule has 6 nitrogen and oxygen atoms in total. The van der Waals surface area contributed by atoms with E-state index < -0.39 is 11.7 Å². The highest BCUT2D eigenvalue weighted by Gasteiger charge is 2.32. The van der Waals surface area contributed by atoms with Crippen LogP contribution in [0.25, 0.3) is 10.6 Å². The summed E-state index contributed by atoms with van der Waals surface area (Å²) in [4.78, 5) is 20.2. The van der Waals surface area contributed by atoms with Gasteiger partial charge in [0, 0.05) is 43.8 Å². The predicted molar refractivity (Wildman–Crippen MR) is 115 cm³/mol. The van der Waals surface area contributed by atoms with Crippen LogP contribution in [0.2, 0.25) is 0 Å². The van der Waals surface area contributed by atoms with Gasteiger partial charge < -0.3 is 14.8 Å². The van der Waals surface area contributed by atoms with E-state index in [1.165, 1.54) is 23.5 Å². The van der Waals surface area contributed by atoms with Crippen LogP contribution in [0.3, 0.4) is 0 Å². The number of alkyl halides is 3. The molecule has 1 aromatic heterocycles. The summed E-state index contributed by atoms with van der Waals surface area (Å²) < 4.78 is 49.5. The molecule has 0 bridgehead atoms. The SMILES string of the molecule is Cc1nc(-c2ccc(C(F)(F)F)cc2)sc1C(=O)NCC(C1CCOC1)N1CCOCC1. The number of ether oxygens (including phenoxy) is 2. The number of aryl methyl sites for hydroxylation is 1. The van der Waals surface area contributed by atoms with Crippen LogP contribution in [0, 0.1) is 12.8 Å². The Morgan fingerprint density at radius 1 is 1.22 bits per heavy atom. The number of halogens is 3. The van der Waals surface area contributed by atoms with Gasteiger partial charge in [-0.15, -0.1) is 11.3 Å². The van der Waals surface area contributed by atoms with Crippen molar-refractivity contribution < 1.29 is 27.4 Å². The fraction of sp³-hybridized carbons (Fsp3) is 0.545. The predicted octanol–water partition coefficient (Wildman–Crippen LogP) is 3.60. The lowest BCUT2D eigenvalue weighted by atomic mass is 9.97. The molecule has 2 saturated heterocycles. The van der Waals surface area contributed by atoms with Gasteiger partial charge in [-0.05, 0) is 25.5 Å². The zero-order chi connectivity index (χ0) is 22.7. The third kappa shape index (κ3) is 5.31. The molecule has 2 aliphatic heterocycles. The number of thiazole rings is 1. The van der Waals surface area contributed by atoms with Gasteiger partial charge in [0.05, 0.1) is 31.1 Å². The van der Waals surface area contributed by atoms with E-state index in [0.29, 0.717) is 53.4 Å². The number of nitrogens with zero attached hydrogens (tertiary/aromatic N) is 2. The van der Waals surface area contributed by atoms with Crippen molar-refractivity contribution in [2.75, 3.05) is 46.1 Å². The number of morpholine rings is 1. The second-order valence-electron chi connectivity index (χ2n) is 8.06. The summed E-state index contributed by atoms with van der Waals surface area (Å²) in [6, 6.07) is 5.01. The molecule has 32 heavy (non-hydrogen) atoms. The van der Waals surface area contributed by atoms with E-state index in [-0.39, 0.29) is 11.9 Å². The smallest absolute Gasteiger partial charge is 0.381 e. The molecule has 1 aromatic carbocycles. The van der Waals surface area contributed by atoms with Crippen LogP contribution in [0.15, 0.2) is 24.3 Å². The van der Waals surface area contributed by atoms with Gasteiger partial charge in [0.1, 0.15) is 9.88 Å². The number of benzene rings is 1. The summed E-state index contributed by atoms with van der Waals surface area (Å²) in [7, 11) is 0. The summed E-state index contributed by atoms with van der Waals surface area (Å²) in [5.74, 6) is 0.147. The number of rotatable bonds is 6. The van der Waals surface area contributed by atoms with Crippen molar-refractivity contribution >= 4 is 17.2 Å². The molecule has 0 aliphatic carbocycles. The quantitative estimate of drug-likeness (QED) is 0.701. The van der Waals surface area contributed by atoms with Crippen molar-refractivity contribution in [3.05, 3.63) is 40.4 Å². The van der Waals surface area contributed by atoms with E-state index in [1.54, 1.807) is 6.92 Å². The van der Waals surface area contributed by atoms with Gasteiger partial charge in [0.15, 0.2) is 0 Å². The lowest BCUT2D eigenvalue weighted by Crippen LogP contribution is -2.52. The standard InChI is InChI=1S/C22H26F3N3O3S/c1-14-19(32-21(27-14)15-2-4-17(5-3-15)22(23,24)25)20(29)26-12-18(16-6-9-31-13-16)28-7-10-30-11-8-28/h2-5,16,18H,6-13H2,1H3,(H,26,29). The topological polar surface area (TPSA) is 63.7 Å². The van der Waals surface area contributed by atoms with Gasteiger partial charge in [-0.2, -0.15) is 13.2 Å². The first-order valence-electron chi connectivity index (χ1n) is 10.7. The molecule has 2 aromatic rings. The van der Waals surface area contributed by atoms with Crippen molar-refractivity contribution in [1.29, 1.82) is 0 Å². The van der Waals surface area contributed by atoms with Crippen molar-refractivity contribution in [3.63, 3.8) is 0 Å². The molecular formula is C22H26F3N3O3S. The summed E-state index contributed by atoms with van der Waals surface area (Å²) in [5, 5.41) is 3.58. The highest BCUT2D eigenvalue weighted by molar-refractivity contribution is 7.17. The van der Waals surface area contributed by atoms with Gasteiger partial charge in [-0.25, -0.2) is 4.98 Å². The number of carbonyl (C=O) groups excluding carboxylic acids is 1. The second kappa shape index (κ2) is 9.86. The van der Waals surface area contributed by atoms with Crippen molar-refractivity contribution in [2.45, 2.75) is 25.6 Å². The maximum absolute atomic E-state index is 12.9. The molecule has 2 unspecified atom stereocenters. The van der Waals surface area contributed by atoms with E-state index >= 15 is 0 Å². The summed E-state index contributed by atoms with van der Waals surface area (Å²) in [5.41, 5.74) is 0.409. The minimum Gasteiger partial charge on any atom is -0.381 e. The number of carbonyl (C=O) groups is 1. The number of aromatic nitrogens is 1. The average molecular weight is 470 g/mol. The van der Waals surface area contributed by atoms with Crippen LogP contribution in [0.4, 0.5) is 13.2 Å². The van der Waals surface area contributed by atoms with E-state index in [1.807, 2.05) is 0 Å². The van der Waals surface area contributed by atoms with Gasteiger partial charge in [0.25, 0.3) is 5.91 Å². The van der Waals surface area contributed by atoms with Crippen LogP contribution in [0.5, 0.6) is 0 Å². The number of hydrogen-bond acceptors (Lipinski definition) is 6. The molecule has 2 aliphatic rings. The maximum Gasteiger partial charge on any atom is 0.416 e. The monoisotopic (exact) mass is 469 g/mol. The molecule has 3 heterocycles.